The fourth-order valence-electron chi connectivity index (χ4n) is 0.496. The number of aliphatic carboxylic acids is 1. The highest BCUT2D eigenvalue weighted by molar-refractivity contribution is 5.87. The highest BCUT2D eigenvalue weighted by Crippen LogP contribution is 2.16. The first-order valence-corrected chi connectivity index (χ1v) is 2.90. The van der Waals surface area contributed by atoms with E-state index in [4.69, 9.17) is 15.3 Å². The number of aliphatic hydroxyl groups is 2. The van der Waals surface area contributed by atoms with Gasteiger partial charge in [-0.25, -0.2) is 4.79 Å². The molecule has 0 aromatic carbocycles. The van der Waals surface area contributed by atoms with Gasteiger partial charge in [0.25, 0.3) is 0 Å². The van der Waals surface area contributed by atoms with Crippen molar-refractivity contribution in [2.45, 2.75) is 12.2 Å². The summed E-state index contributed by atoms with van der Waals surface area (Å²) in [6.45, 7) is 6.23. The third-order valence-electron chi connectivity index (χ3n) is 1.17. The fourth-order valence-corrected chi connectivity index (χ4v) is 0.496. The van der Waals surface area contributed by atoms with E-state index in [2.05, 4.69) is 13.2 Å². The number of hydrogen-bond acceptors (Lipinski definition) is 3. The molecule has 0 aromatic rings. The number of rotatable bonds is 4. The maximum Gasteiger partial charge on any atom is 0.336 e. The van der Waals surface area contributed by atoms with Crippen LogP contribution in [0.1, 0.15) is 6.42 Å². The van der Waals surface area contributed by atoms with Gasteiger partial charge in [-0.3, -0.25) is 0 Å². The molecule has 4 nitrogen and oxygen atoms in total. The molecule has 0 unspecified atom stereocenters. The van der Waals surface area contributed by atoms with Gasteiger partial charge in [0.2, 0.25) is 0 Å². The summed E-state index contributed by atoms with van der Waals surface area (Å²) in [5, 5.41) is 26.2. The van der Waals surface area contributed by atoms with Gasteiger partial charge in [-0.2, -0.15) is 0 Å². The van der Waals surface area contributed by atoms with E-state index in [0.29, 0.717) is 0 Å². The van der Waals surface area contributed by atoms with E-state index in [1.165, 1.54) is 6.08 Å². The zero-order valence-corrected chi connectivity index (χ0v) is 5.95. The first kappa shape index (κ1) is 9.87. The molecule has 0 aliphatic rings. The molecule has 0 rings (SSSR count). The molecule has 0 heterocycles. The van der Waals surface area contributed by atoms with Crippen molar-refractivity contribution in [1.82, 2.24) is 0 Å². The summed E-state index contributed by atoms with van der Waals surface area (Å²) in [6.07, 6.45) is 0.951. The number of carbonyl (C=O) groups is 1. The lowest BCUT2D eigenvalue weighted by Crippen LogP contribution is -2.33. The molecule has 0 saturated carbocycles. The molecule has 0 amide bonds. The average Bonchev–Trinajstić information content (AvgIpc) is 1.86. The van der Waals surface area contributed by atoms with Crippen LogP contribution in [0.2, 0.25) is 0 Å². The lowest BCUT2D eigenvalue weighted by Gasteiger charge is -2.19. The van der Waals surface area contributed by atoms with E-state index in [0.717, 1.165) is 0 Å². The predicted octanol–water partition coefficient (Wildman–Crippen LogP) is -0.116. The molecule has 0 fully saturated rings. The Morgan fingerprint density at radius 1 is 1.55 bits per heavy atom. The molecule has 3 N–H and O–H groups in total. The molecule has 0 aliphatic heterocycles. The molecule has 0 aliphatic carbocycles. The van der Waals surface area contributed by atoms with Crippen LogP contribution in [-0.2, 0) is 4.79 Å². The Morgan fingerprint density at radius 2 is 2.00 bits per heavy atom. The largest absolute Gasteiger partial charge is 0.478 e. The first-order valence-electron chi connectivity index (χ1n) is 2.90. The fraction of sp³-hybridized carbons (Fsp3) is 0.286. The van der Waals surface area contributed by atoms with Gasteiger partial charge in [-0.1, -0.05) is 12.7 Å². The molecule has 0 aromatic heterocycles. The summed E-state index contributed by atoms with van der Waals surface area (Å²) in [6, 6.07) is 0. The van der Waals surface area contributed by atoms with E-state index in [1.54, 1.807) is 0 Å². The van der Waals surface area contributed by atoms with Gasteiger partial charge in [0.05, 0.1) is 5.57 Å². The van der Waals surface area contributed by atoms with Gasteiger partial charge in [0.1, 0.15) is 0 Å². The molecule has 0 saturated heterocycles. The summed E-state index contributed by atoms with van der Waals surface area (Å²) in [4.78, 5) is 10.2. The van der Waals surface area contributed by atoms with Crippen molar-refractivity contribution in [1.29, 1.82) is 0 Å². The third-order valence-corrected chi connectivity index (χ3v) is 1.17. The van der Waals surface area contributed by atoms with E-state index < -0.39 is 17.3 Å². The van der Waals surface area contributed by atoms with Crippen LogP contribution < -0.4 is 0 Å². The van der Waals surface area contributed by atoms with Crippen molar-refractivity contribution in [3.8, 4) is 0 Å². The molecular weight excluding hydrogens is 148 g/mol. The van der Waals surface area contributed by atoms with Crippen LogP contribution in [0.5, 0.6) is 0 Å². The molecule has 0 atom stereocenters. The molecular formula is C7H10O4. The van der Waals surface area contributed by atoms with Gasteiger partial charge in [0.15, 0.2) is 5.79 Å². The predicted molar refractivity (Wildman–Crippen MR) is 38.8 cm³/mol. The average molecular weight is 158 g/mol. The quantitative estimate of drug-likeness (QED) is 0.303. The van der Waals surface area contributed by atoms with Crippen molar-refractivity contribution in [3.05, 3.63) is 24.8 Å². The zero-order valence-electron chi connectivity index (χ0n) is 5.95. The SMILES string of the molecule is C=CCC(O)(O)C(=C)C(=O)O. The maximum absolute atomic E-state index is 10.2. The van der Waals surface area contributed by atoms with Crippen molar-refractivity contribution in [3.63, 3.8) is 0 Å². The van der Waals surface area contributed by atoms with Gasteiger partial charge in [-0.15, -0.1) is 6.58 Å². The van der Waals surface area contributed by atoms with Crippen LogP contribution in [0.4, 0.5) is 0 Å². The van der Waals surface area contributed by atoms with Crippen molar-refractivity contribution < 1.29 is 20.1 Å². The summed E-state index contributed by atoms with van der Waals surface area (Å²) in [5.74, 6) is -3.81. The Kier molecular flexibility index (Phi) is 2.98. The van der Waals surface area contributed by atoms with Gasteiger partial charge >= 0.3 is 5.97 Å². The number of carboxylic acids is 1. The lowest BCUT2D eigenvalue weighted by molar-refractivity contribution is -0.152. The van der Waals surface area contributed by atoms with Gasteiger partial charge in [-0.05, 0) is 0 Å². The molecule has 4 heteroatoms. The second-order valence-electron chi connectivity index (χ2n) is 2.09. The van der Waals surface area contributed by atoms with Crippen LogP contribution in [0.15, 0.2) is 24.8 Å². The smallest absolute Gasteiger partial charge is 0.336 e. The summed E-state index contributed by atoms with van der Waals surface area (Å²) < 4.78 is 0. The van der Waals surface area contributed by atoms with E-state index in [-0.39, 0.29) is 6.42 Å². The number of hydrogen-bond donors (Lipinski definition) is 3. The summed E-state index contributed by atoms with van der Waals surface area (Å²) in [5.41, 5.74) is -0.655. The number of carboxylic acid groups (broad SMARTS) is 1. The van der Waals surface area contributed by atoms with Gasteiger partial charge < -0.3 is 15.3 Å². The minimum Gasteiger partial charge on any atom is -0.478 e. The van der Waals surface area contributed by atoms with Crippen molar-refractivity contribution in [2.24, 2.45) is 0 Å². The monoisotopic (exact) mass is 158 g/mol. The second kappa shape index (κ2) is 3.32. The maximum atomic E-state index is 10.2. The minimum atomic E-state index is -2.38. The first-order chi connectivity index (χ1) is 4.91. The summed E-state index contributed by atoms with van der Waals surface area (Å²) >= 11 is 0. The zero-order chi connectivity index (χ0) is 9.07. The van der Waals surface area contributed by atoms with Gasteiger partial charge in [0, 0.05) is 6.42 Å². The standard InChI is InChI=1S/C7H10O4/c1-3-4-7(10,11)5(2)6(8)9/h3,10-11H,1-2,4H2,(H,8,9). The van der Waals surface area contributed by atoms with Crippen LogP contribution in [0, 0.1) is 0 Å². The lowest BCUT2D eigenvalue weighted by atomic mass is 10.1. The minimum absolute atomic E-state index is 0.252. The topological polar surface area (TPSA) is 77.8 Å². The third kappa shape index (κ3) is 2.53. The normalized spacial score (nSPS) is 10.7. The Morgan fingerprint density at radius 3 is 2.27 bits per heavy atom. The molecule has 0 spiro atoms. The van der Waals surface area contributed by atoms with E-state index in [9.17, 15) is 4.79 Å². The highest BCUT2D eigenvalue weighted by atomic mass is 16.5. The van der Waals surface area contributed by atoms with Crippen LogP contribution >= 0.6 is 0 Å². The van der Waals surface area contributed by atoms with Crippen molar-refractivity contribution >= 4 is 5.97 Å². The highest BCUT2D eigenvalue weighted by Gasteiger charge is 2.30. The Balaban J connectivity index is 4.41. The van der Waals surface area contributed by atoms with Crippen LogP contribution in [-0.4, -0.2) is 27.1 Å². The molecule has 0 bridgehead atoms. The molecule has 62 valence electrons. The van der Waals surface area contributed by atoms with Crippen LogP contribution in [0.25, 0.3) is 0 Å². The Labute approximate surface area is 64.1 Å². The molecule has 0 radical (unpaired) electrons. The van der Waals surface area contributed by atoms with Crippen LogP contribution in [0.3, 0.4) is 0 Å². The van der Waals surface area contributed by atoms with E-state index >= 15 is 0 Å². The summed E-state index contributed by atoms with van der Waals surface area (Å²) in [7, 11) is 0. The Hall–Kier alpha value is -1.13. The second-order valence-corrected chi connectivity index (χ2v) is 2.09. The van der Waals surface area contributed by atoms with Crippen molar-refractivity contribution in [2.75, 3.05) is 0 Å². The molecule has 11 heavy (non-hydrogen) atoms. The van der Waals surface area contributed by atoms with E-state index in [1.807, 2.05) is 0 Å². The Bertz CT molecular complexity index is 193.